The Labute approximate surface area is 113 Å². The first-order valence-corrected chi connectivity index (χ1v) is 6.22. The van der Waals surface area contributed by atoms with Gasteiger partial charge in [-0.05, 0) is 19.4 Å². The summed E-state index contributed by atoms with van der Waals surface area (Å²) in [5.41, 5.74) is 10.9. The summed E-state index contributed by atoms with van der Waals surface area (Å²) < 4.78 is 0. The second-order valence-corrected chi connectivity index (χ2v) is 4.29. The van der Waals surface area contributed by atoms with Crippen LogP contribution in [0.25, 0.3) is 11.0 Å². The summed E-state index contributed by atoms with van der Waals surface area (Å²) in [4.78, 5) is 35.5. The topological polar surface area (TPSA) is 142 Å². The molecule has 0 aliphatic rings. The number of unbranched alkanes of at least 4 members (excludes halogenated alkanes) is 1. The molecule has 9 nitrogen and oxygen atoms in total. The van der Waals surface area contributed by atoms with Gasteiger partial charge in [-0.15, -0.1) is 5.10 Å². The summed E-state index contributed by atoms with van der Waals surface area (Å²) in [6, 6.07) is -0.761. The minimum absolute atomic E-state index is 0.163. The average molecular weight is 280 g/mol. The molecule has 108 valence electrons. The highest BCUT2D eigenvalue weighted by Crippen LogP contribution is 2.04. The molecule has 1 atom stereocenters. The van der Waals surface area contributed by atoms with Gasteiger partial charge in [0.2, 0.25) is 5.65 Å². The maximum Gasteiger partial charge on any atom is 0.351 e. The highest BCUT2D eigenvalue weighted by atomic mass is 16.7. The smallest absolute Gasteiger partial charge is 0.330 e. The van der Waals surface area contributed by atoms with Crippen molar-refractivity contribution >= 4 is 17.0 Å². The normalized spacial score (nSPS) is 12.5. The fourth-order valence-corrected chi connectivity index (χ4v) is 1.68. The largest absolute Gasteiger partial charge is 0.351 e. The molecule has 0 saturated heterocycles. The lowest BCUT2D eigenvalue weighted by Crippen LogP contribution is -2.38. The first-order chi connectivity index (χ1) is 9.63. The first-order valence-electron chi connectivity index (χ1n) is 6.22. The lowest BCUT2D eigenvalue weighted by atomic mass is 10.1. The summed E-state index contributed by atoms with van der Waals surface area (Å²) in [6.07, 6.45) is 4.49. The van der Waals surface area contributed by atoms with Gasteiger partial charge in [0.15, 0.2) is 0 Å². The third-order valence-corrected chi connectivity index (χ3v) is 2.79. The minimum atomic E-state index is -0.761. The van der Waals surface area contributed by atoms with E-state index in [1.165, 1.54) is 12.5 Å². The standard InChI is InChI=1S/C11H16N6O3/c12-4-2-1-3-8(13)11(19)20-17-9-7(5-16-17)10(18)15-6-14-9/h5-6,8H,1-4,12-13H2,(H,14,15,18)/t8-/m0/s1. The SMILES string of the molecule is NCCCC[C@H](N)C(=O)On1ncc2c(=O)[nH]cnc21. The van der Waals surface area contributed by atoms with Gasteiger partial charge in [-0.3, -0.25) is 4.79 Å². The van der Waals surface area contributed by atoms with E-state index in [-0.39, 0.29) is 16.6 Å². The van der Waals surface area contributed by atoms with Gasteiger partial charge < -0.3 is 21.3 Å². The quantitative estimate of drug-likeness (QED) is 0.548. The molecule has 0 aliphatic carbocycles. The van der Waals surface area contributed by atoms with Crippen molar-refractivity contribution in [3.63, 3.8) is 0 Å². The molecule has 9 heteroatoms. The van der Waals surface area contributed by atoms with Crippen LogP contribution >= 0.6 is 0 Å². The van der Waals surface area contributed by atoms with Crippen LogP contribution in [0.4, 0.5) is 0 Å². The Morgan fingerprint density at radius 3 is 3.05 bits per heavy atom. The van der Waals surface area contributed by atoms with Crippen LogP contribution in [0, 0.1) is 0 Å². The van der Waals surface area contributed by atoms with Gasteiger partial charge in [0.1, 0.15) is 11.4 Å². The van der Waals surface area contributed by atoms with E-state index in [2.05, 4.69) is 15.1 Å². The zero-order valence-corrected chi connectivity index (χ0v) is 10.8. The number of carbonyl (C=O) groups is 1. The predicted octanol–water partition coefficient (Wildman–Crippen LogP) is -1.47. The third-order valence-electron chi connectivity index (χ3n) is 2.79. The highest BCUT2D eigenvalue weighted by Gasteiger charge is 2.18. The summed E-state index contributed by atoms with van der Waals surface area (Å²) in [5, 5.41) is 4.02. The summed E-state index contributed by atoms with van der Waals surface area (Å²) >= 11 is 0. The second-order valence-electron chi connectivity index (χ2n) is 4.29. The van der Waals surface area contributed by atoms with Gasteiger partial charge in [0.25, 0.3) is 5.56 Å². The molecule has 0 radical (unpaired) electrons. The molecule has 0 unspecified atom stereocenters. The average Bonchev–Trinajstić information content (AvgIpc) is 2.83. The van der Waals surface area contributed by atoms with Gasteiger partial charge in [0, 0.05) is 0 Å². The highest BCUT2D eigenvalue weighted by molar-refractivity contribution is 5.77. The fraction of sp³-hybridized carbons (Fsp3) is 0.455. The van der Waals surface area contributed by atoms with E-state index in [9.17, 15) is 9.59 Å². The number of aromatic amines is 1. The molecule has 0 bridgehead atoms. The van der Waals surface area contributed by atoms with Crippen molar-refractivity contribution in [3.8, 4) is 0 Å². The predicted molar refractivity (Wildman–Crippen MR) is 70.6 cm³/mol. The Morgan fingerprint density at radius 2 is 2.30 bits per heavy atom. The molecule has 5 N–H and O–H groups in total. The zero-order valence-electron chi connectivity index (χ0n) is 10.8. The maximum absolute atomic E-state index is 11.8. The summed E-state index contributed by atoms with van der Waals surface area (Å²) in [5.74, 6) is -0.630. The van der Waals surface area contributed by atoms with Crippen molar-refractivity contribution in [1.82, 2.24) is 19.9 Å². The molecule has 0 saturated carbocycles. The molecule has 0 fully saturated rings. The van der Waals surface area contributed by atoms with Crippen LogP contribution in [-0.4, -0.2) is 38.5 Å². The number of hydrogen-bond donors (Lipinski definition) is 3. The van der Waals surface area contributed by atoms with E-state index in [1.54, 1.807) is 0 Å². The van der Waals surface area contributed by atoms with Gasteiger partial charge in [-0.1, -0.05) is 11.3 Å². The second kappa shape index (κ2) is 6.26. The van der Waals surface area contributed by atoms with Crippen molar-refractivity contribution in [1.29, 1.82) is 0 Å². The van der Waals surface area contributed by atoms with Crippen LogP contribution in [0.3, 0.4) is 0 Å². The number of rotatable bonds is 6. The Morgan fingerprint density at radius 1 is 1.50 bits per heavy atom. The number of carbonyl (C=O) groups excluding carboxylic acids is 1. The van der Waals surface area contributed by atoms with Gasteiger partial charge in [0.05, 0.1) is 12.5 Å². The number of H-pyrrole nitrogens is 1. The number of aromatic nitrogens is 4. The number of hydrogen-bond acceptors (Lipinski definition) is 7. The number of fused-ring (bicyclic) bond motifs is 1. The van der Waals surface area contributed by atoms with Crippen molar-refractivity contribution in [2.24, 2.45) is 11.5 Å². The van der Waals surface area contributed by atoms with Crippen LogP contribution in [0.15, 0.2) is 17.3 Å². The molecular formula is C11H16N6O3. The van der Waals surface area contributed by atoms with E-state index in [4.69, 9.17) is 16.3 Å². The van der Waals surface area contributed by atoms with Crippen molar-refractivity contribution in [2.75, 3.05) is 6.54 Å². The molecule has 2 aromatic rings. The van der Waals surface area contributed by atoms with E-state index in [0.29, 0.717) is 13.0 Å². The molecule has 0 aliphatic heterocycles. The van der Waals surface area contributed by atoms with Crippen LogP contribution in [0.1, 0.15) is 19.3 Å². The first kappa shape index (κ1) is 14.2. The van der Waals surface area contributed by atoms with Crippen LogP contribution in [-0.2, 0) is 4.79 Å². The fourth-order valence-electron chi connectivity index (χ4n) is 1.68. The molecular weight excluding hydrogens is 264 g/mol. The van der Waals surface area contributed by atoms with Crippen LogP contribution < -0.4 is 21.9 Å². The molecule has 0 aromatic carbocycles. The van der Waals surface area contributed by atoms with E-state index in [1.807, 2.05) is 0 Å². The zero-order chi connectivity index (χ0) is 14.5. The van der Waals surface area contributed by atoms with E-state index in [0.717, 1.165) is 17.7 Å². The Balaban J connectivity index is 2.06. The molecule has 2 rings (SSSR count). The Bertz CT molecular complexity index is 649. The summed E-state index contributed by atoms with van der Waals surface area (Å²) in [6.45, 7) is 0.554. The Hall–Kier alpha value is -2.26. The van der Waals surface area contributed by atoms with Crippen molar-refractivity contribution < 1.29 is 9.63 Å². The lowest BCUT2D eigenvalue weighted by Gasteiger charge is -2.10. The van der Waals surface area contributed by atoms with Crippen molar-refractivity contribution in [2.45, 2.75) is 25.3 Å². The molecule has 0 spiro atoms. The van der Waals surface area contributed by atoms with Crippen molar-refractivity contribution in [3.05, 3.63) is 22.9 Å². The van der Waals surface area contributed by atoms with Gasteiger partial charge in [-0.2, -0.15) is 0 Å². The molecule has 2 heterocycles. The third kappa shape index (κ3) is 3.00. The lowest BCUT2D eigenvalue weighted by molar-refractivity contribution is -0.147. The number of nitrogens with one attached hydrogen (secondary N) is 1. The van der Waals surface area contributed by atoms with Gasteiger partial charge in [-0.25, -0.2) is 9.78 Å². The van der Waals surface area contributed by atoms with Gasteiger partial charge >= 0.3 is 5.97 Å². The maximum atomic E-state index is 11.8. The van der Waals surface area contributed by atoms with E-state index >= 15 is 0 Å². The molecule has 20 heavy (non-hydrogen) atoms. The monoisotopic (exact) mass is 280 g/mol. The number of nitrogens with zero attached hydrogens (tertiary/aromatic N) is 3. The molecule has 2 aromatic heterocycles. The van der Waals surface area contributed by atoms with Crippen LogP contribution in [0.2, 0.25) is 0 Å². The summed E-state index contributed by atoms with van der Waals surface area (Å²) in [7, 11) is 0. The van der Waals surface area contributed by atoms with Crippen LogP contribution in [0.5, 0.6) is 0 Å². The number of nitrogens with two attached hydrogens (primary N) is 2. The minimum Gasteiger partial charge on any atom is -0.330 e. The Kier molecular flexibility index (Phi) is 4.43. The molecule has 0 amide bonds. The van der Waals surface area contributed by atoms with E-state index < -0.39 is 12.0 Å².